The molecule has 0 spiro atoms. The summed E-state index contributed by atoms with van der Waals surface area (Å²) in [5.74, 6) is 0.943. The van der Waals surface area contributed by atoms with Crippen molar-refractivity contribution in [3.8, 4) is 0 Å². The molecule has 2 rings (SSSR count). The second-order valence-electron chi connectivity index (χ2n) is 7.50. The molecule has 1 aliphatic carbocycles. The van der Waals surface area contributed by atoms with E-state index in [1.807, 2.05) is 34.6 Å². The summed E-state index contributed by atoms with van der Waals surface area (Å²) in [6, 6.07) is 0. The summed E-state index contributed by atoms with van der Waals surface area (Å²) >= 11 is 0. The molecule has 0 aromatic carbocycles. The lowest BCUT2D eigenvalue weighted by molar-refractivity contribution is -0.142. The summed E-state index contributed by atoms with van der Waals surface area (Å²) in [5.41, 5.74) is 0. The van der Waals surface area contributed by atoms with Gasteiger partial charge >= 0.3 is 12.1 Å². The monoisotopic (exact) mass is 372 g/mol. The zero-order valence-corrected chi connectivity index (χ0v) is 17.9. The van der Waals surface area contributed by atoms with Gasteiger partial charge in [0.1, 0.15) is 12.2 Å². The van der Waals surface area contributed by atoms with Crippen LogP contribution < -0.4 is 0 Å². The van der Waals surface area contributed by atoms with Crippen molar-refractivity contribution in [2.75, 3.05) is 6.61 Å². The molecule has 0 radical (unpaired) electrons. The quantitative estimate of drug-likeness (QED) is 0.588. The fraction of sp³-hybridized carbons (Fsp3) is 0.905. The zero-order chi connectivity index (χ0) is 20.1. The van der Waals surface area contributed by atoms with Gasteiger partial charge < -0.3 is 14.2 Å². The van der Waals surface area contributed by atoms with Gasteiger partial charge in [-0.2, -0.15) is 0 Å². The van der Waals surface area contributed by atoms with Gasteiger partial charge in [0.05, 0.1) is 12.5 Å². The molecule has 0 aromatic rings. The number of hydrogen-bond donors (Lipinski definition) is 0. The molecular formula is C21H40O5. The predicted molar refractivity (Wildman–Crippen MR) is 104 cm³/mol. The second-order valence-corrected chi connectivity index (χ2v) is 7.50. The predicted octanol–water partition coefficient (Wildman–Crippen LogP) is 5.75. The van der Waals surface area contributed by atoms with Gasteiger partial charge in [0.15, 0.2) is 0 Å². The van der Waals surface area contributed by atoms with E-state index in [0.29, 0.717) is 18.4 Å². The first-order chi connectivity index (χ1) is 12.3. The third-order valence-electron chi connectivity index (χ3n) is 4.82. The van der Waals surface area contributed by atoms with Crippen LogP contribution in [0.15, 0.2) is 0 Å². The number of hydrogen-bond acceptors (Lipinski definition) is 5. The van der Waals surface area contributed by atoms with Crippen LogP contribution in [0.4, 0.5) is 4.79 Å². The van der Waals surface area contributed by atoms with Crippen LogP contribution in [-0.2, 0) is 19.0 Å². The van der Waals surface area contributed by atoms with Gasteiger partial charge in [-0.1, -0.05) is 48.0 Å². The second kappa shape index (κ2) is 13.9. The van der Waals surface area contributed by atoms with Gasteiger partial charge in [0, 0.05) is 0 Å². The van der Waals surface area contributed by atoms with Crippen LogP contribution in [-0.4, -0.2) is 30.9 Å². The molecule has 1 aliphatic heterocycles. The van der Waals surface area contributed by atoms with E-state index in [0.717, 1.165) is 32.1 Å². The average molecular weight is 373 g/mol. The molecule has 5 heteroatoms. The van der Waals surface area contributed by atoms with E-state index in [2.05, 4.69) is 13.8 Å². The maximum absolute atomic E-state index is 11.4. The van der Waals surface area contributed by atoms with Crippen molar-refractivity contribution in [2.45, 2.75) is 99.2 Å². The highest BCUT2D eigenvalue weighted by Gasteiger charge is 2.28. The molecule has 0 N–H and O–H groups in total. The van der Waals surface area contributed by atoms with Crippen molar-refractivity contribution in [1.82, 2.24) is 0 Å². The Morgan fingerprint density at radius 3 is 1.96 bits per heavy atom. The smallest absolute Gasteiger partial charge is 0.465 e. The fourth-order valence-electron chi connectivity index (χ4n) is 2.75. The third kappa shape index (κ3) is 10.0. The summed E-state index contributed by atoms with van der Waals surface area (Å²) in [5, 5.41) is 0. The van der Waals surface area contributed by atoms with E-state index < -0.39 is 6.16 Å². The minimum absolute atomic E-state index is 0.00926. The van der Waals surface area contributed by atoms with Gasteiger partial charge in [-0.3, -0.25) is 4.79 Å². The molecule has 2 aliphatic rings. The molecule has 0 bridgehead atoms. The van der Waals surface area contributed by atoms with Gasteiger partial charge in [0.2, 0.25) is 0 Å². The van der Waals surface area contributed by atoms with Crippen molar-refractivity contribution in [3.63, 3.8) is 0 Å². The van der Waals surface area contributed by atoms with Gasteiger partial charge in [0.25, 0.3) is 0 Å². The lowest BCUT2D eigenvalue weighted by Gasteiger charge is -2.23. The van der Waals surface area contributed by atoms with Crippen LogP contribution in [0.25, 0.3) is 0 Å². The van der Waals surface area contributed by atoms with Crippen molar-refractivity contribution in [2.24, 2.45) is 17.8 Å². The third-order valence-corrected chi connectivity index (χ3v) is 4.82. The molecule has 2 fully saturated rings. The molecule has 2 unspecified atom stereocenters. The zero-order valence-electron chi connectivity index (χ0n) is 17.9. The van der Waals surface area contributed by atoms with E-state index in [-0.39, 0.29) is 24.1 Å². The van der Waals surface area contributed by atoms with E-state index >= 15 is 0 Å². The first-order valence-electron chi connectivity index (χ1n) is 10.3. The standard InChI is InChI=1S/C12H22O3.C7H12O2.C2H6/c1-9(2)10(3)14-12(13)15-11-7-5-4-6-8-11;1-5(2)6-3-4-9-7(6)8;1-2/h9-11H,4-8H2,1-3H3;5-6H,3-4H2,1-2H3;1-2H3. The Morgan fingerprint density at radius 1 is 1.00 bits per heavy atom. The molecule has 26 heavy (non-hydrogen) atoms. The fourth-order valence-corrected chi connectivity index (χ4v) is 2.75. The largest absolute Gasteiger partial charge is 0.508 e. The maximum atomic E-state index is 11.4. The van der Waals surface area contributed by atoms with Crippen LogP contribution >= 0.6 is 0 Å². The highest BCUT2D eigenvalue weighted by molar-refractivity contribution is 5.74. The number of carbonyl (C=O) groups is 2. The van der Waals surface area contributed by atoms with Crippen molar-refractivity contribution in [3.05, 3.63) is 0 Å². The Balaban J connectivity index is 0.000000484. The Morgan fingerprint density at radius 2 is 1.58 bits per heavy atom. The van der Waals surface area contributed by atoms with Crippen molar-refractivity contribution >= 4 is 12.1 Å². The summed E-state index contributed by atoms with van der Waals surface area (Å²) in [4.78, 5) is 22.2. The Hall–Kier alpha value is -1.26. The molecule has 2 atom stereocenters. The van der Waals surface area contributed by atoms with Gasteiger partial charge in [-0.25, -0.2) is 4.79 Å². The first-order valence-corrected chi connectivity index (χ1v) is 10.3. The van der Waals surface area contributed by atoms with Crippen molar-refractivity contribution in [1.29, 1.82) is 0 Å². The summed E-state index contributed by atoms with van der Waals surface area (Å²) < 4.78 is 15.2. The highest BCUT2D eigenvalue weighted by atomic mass is 16.7. The van der Waals surface area contributed by atoms with Crippen LogP contribution in [0.2, 0.25) is 0 Å². The Labute approximate surface area is 160 Å². The molecule has 5 nitrogen and oxygen atoms in total. The molecule has 0 amide bonds. The number of esters is 1. The van der Waals surface area contributed by atoms with Crippen molar-refractivity contribution < 1.29 is 23.8 Å². The summed E-state index contributed by atoms with van der Waals surface area (Å²) in [6.45, 7) is 14.7. The molecule has 0 aromatic heterocycles. The minimum atomic E-state index is -0.497. The van der Waals surface area contributed by atoms with E-state index in [9.17, 15) is 9.59 Å². The Bertz CT molecular complexity index is 386. The summed E-state index contributed by atoms with van der Waals surface area (Å²) in [6.07, 6.45) is 6.01. The van der Waals surface area contributed by atoms with E-state index in [4.69, 9.17) is 14.2 Å². The van der Waals surface area contributed by atoms with Crippen LogP contribution in [0.5, 0.6) is 0 Å². The lowest BCUT2D eigenvalue weighted by atomic mass is 9.95. The minimum Gasteiger partial charge on any atom is -0.465 e. The molecule has 1 heterocycles. The molecular weight excluding hydrogens is 332 g/mol. The average Bonchev–Trinajstić information content (AvgIpc) is 3.04. The number of rotatable bonds is 4. The van der Waals surface area contributed by atoms with Crippen LogP contribution in [0.1, 0.15) is 87.0 Å². The summed E-state index contributed by atoms with van der Waals surface area (Å²) in [7, 11) is 0. The SMILES string of the molecule is CC.CC(C)C(C)OC(=O)OC1CCCCC1.CC(C)C1CCOC1=O. The highest BCUT2D eigenvalue weighted by Crippen LogP contribution is 2.22. The maximum Gasteiger partial charge on any atom is 0.508 e. The van der Waals surface area contributed by atoms with Gasteiger partial charge in [-0.05, 0) is 50.9 Å². The van der Waals surface area contributed by atoms with E-state index in [1.54, 1.807) is 0 Å². The number of carbonyl (C=O) groups excluding carboxylic acids is 2. The molecule has 1 saturated heterocycles. The van der Waals surface area contributed by atoms with Gasteiger partial charge in [-0.15, -0.1) is 0 Å². The lowest BCUT2D eigenvalue weighted by Crippen LogP contribution is -2.26. The Kier molecular flexibility index (Phi) is 13.2. The topological polar surface area (TPSA) is 61.8 Å². The van der Waals surface area contributed by atoms with Crippen LogP contribution in [0, 0.1) is 17.8 Å². The van der Waals surface area contributed by atoms with E-state index in [1.165, 1.54) is 6.42 Å². The molecule has 1 saturated carbocycles. The number of ether oxygens (including phenoxy) is 3. The molecule has 154 valence electrons. The first kappa shape index (κ1) is 24.7. The normalized spacial score (nSPS) is 21.1. The van der Waals surface area contributed by atoms with Crippen LogP contribution in [0.3, 0.4) is 0 Å². The number of cyclic esters (lactones) is 1.